The van der Waals surface area contributed by atoms with Crippen LogP contribution in [0.25, 0.3) is 11.7 Å². The van der Waals surface area contributed by atoms with Crippen molar-refractivity contribution in [3.8, 4) is 5.88 Å². The zero-order valence-electron chi connectivity index (χ0n) is 11.2. The number of aromatic hydroxyl groups is 1. The fraction of sp³-hybridized carbons (Fsp3) is 0.231. The highest BCUT2D eigenvalue weighted by molar-refractivity contribution is 6.29. The van der Waals surface area contributed by atoms with Crippen LogP contribution in [-0.2, 0) is 0 Å². The number of fused-ring (bicyclic) bond motifs is 1. The highest BCUT2D eigenvalue weighted by Gasteiger charge is 2.20. The van der Waals surface area contributed by atoms with Gasteiger partial charge in [-0.05, 0) is 18.9 Å². The van der Waals surface area contributed by atoms with E-state index in [2.05, 4.69) is 25.0 Å². The van der Waals surface area contributed by atoms with E-state index in [-0.39, 0.29) is 16.7 Å². The first-order valence-electron chi connectivity index (χ1n) is 6.72. The molecule has 0 saturated heterocycles. The van der Waals surface area contributed by atoms with Crippen molar-refractivity contribution in [2.45, 2.75) is 18.9 Å². The summed E-state index contributed by atoms with van der Waals surface area (Å²) in [6.45, 7) is 0. The van der Waals surface area contributed by atoms with E-state index < -0.39 is 5.69 Å². The van der Waals surface area contributed by atoms with Crippen molar-refractivity contribution in [1.29, 1.82) is 0 Å². The number of halogens is 1. The van der Waals surface area contributed by atoms with Crippen molar-refractivity contribution < 1.29 is 5.11 Å². The van der Waals surface area contributed by atoms with E-state index in [0.29, 0.717) is 22.4 Å². The van der Waals surface area contributed by atoms with Gasteiger partial charge in [-0.2, -0.15) is 9.61 Å². The fourth-order valence-electron chi connectivity index (χ4n) is 2.17. The standard InChI is InChI=1S/C13H11ClN6O2/c14-10-7(5-8-12(21)18-13(22)17-8)11-15-4-3-9(20(11)19-10)16-6-1-2-6/h3-6,21H,1-2H2,(H2,17,18,22). The van der Waals surface area contributed by atoms with Crippen molar-refractivity contribution in [3.63, 3.8) is 0 Å². The topological polar surface area (TPSA) is 111 Å². The summed E-state index contributed by atoms with van der Waals surface area (Å²) in [7, 11) is 0. The van der Waals surface area contributed by atoms with Gasteiger partial charge < -0.3 is 10.1 Å². The third-order valence-corrected chi connectivity index (χ3v) is 3.65. The molecule has 4 rings (SSSR count). The second kappa shape index (κ2) is 4.70. The zero-order valence-corrected chi connectivity index (χ0v) is 12.0. The number of nitrogens with zero attached hydrogens (tertiary/aromatic N) is 4. The average molecular weight is 319 g/mol. The van der Waals surface area contributed by atoms with Crippen LogP contribution in [0.2, 0.25) is 5.15 Å². The van der Waals surface area contributed by atoms with E-state index in [0.717, 1.165) is 12.8 Å². The Labute approximate surface area is 127 Å². The molecule has 112 valence electrons. The smallest absolute Gasteiger partial charge is 0.326 e. The zero-order chi connectivity index (χ0) is 15.3. The molecule has 22 heavy (non-hydrogen) atoms. The van der Waals surface area contributed by atoms with Gasteiger partial charge in [-0.3, -0.25) is 9.98 Å². The third kappa shape index (κ3) is 2.17. The van der Waals surface area contributed by atoms with Gasteiger partial charge in [0.1, 0.15) is 5.69 Å². The molecule has 3 aromatic heterocycles. The second-order valence-electron chi connectivity index (χ2n) is 5.09. The highest BCUT2D eigenvalue weighted by Crippen LogP contribution is 2.22. The van der Waals surface area contributed by atoms with Crippen LogP contribution in [0.4, 0.5) is 0 Å². The largest absolute Gasteiger partial charge is 0.493 e. The maximum Gasteiger partial charge on any atom is 0.326 e. The lowest BCUT2D eigenvalue weighted by Gasteiger charge is -1.93. The quantitative estimate of drug-likeness (QED) is 0.603. The van der Waals surface area contributed by atoms with Crippen LogP contribution in [0.5, 0.6) is 5.88 Å². The maximum absolute atomic E-state index is 11.2. The summed E-state index contributed by atoms with van der Waals surface area (Å²) in [5, 5.41) is 14.6. The predicted octanol–water partition coefficient (Wildman–Crippen LogP) is -0.285. The van der Waals surface area contributed by atoms with E-state index in [1.54, 1.807) is 16.8 Å². The normalized spacial score (nSPS) is 16.8. The maximum atomic E-state index is 11.2. The number of hydrogen-bond acceptors (Lipinski definition) is 5. The SMILES string of the molecule is O=c1[nH]c(O)c(C=c2c(Cl)nn3c(=NC4CC4)ccnc23)[nH]1. The van der Waals surface area contributed by atoms with Gasteiger partial charge in [-0.15, -0.1) is 0 Å². The summed E-state index contributed by atoms with van der Waals surface area (Å²) in [5.41, 5.74) is 0.899. The van der Waals surface area contributed by atoms with E-state index in [4.69, 9.17) is 11.6 Å². The lowest BCUT2D eigenvalue weighted by molar-refractivity contribution is 0.454. The molecule has 1 aliphatic carbocycles. The number of H-pyrrole nitrogens is 2. The average Bonchev–Trinajstić information content (AvgIpc) is 3.15. The van der Waals surface area contributed by atoms with Crippen molar-refractivity contribution in [3.05, 3.63) is 44.3 Å². The van der Waals surface area contributed by atoms with E-state index >= 15 is 0 Å². The van der Waals surface area contributed by atoms with Crippen molar-refractivity contribution in [1.82, 2.24) is 24.6 Å². The molecule has 8 nitrogen and oxygen atoms in total. The first-order chi connectivity index (χ1) is 10.6. The predicted molar refractivity (Wildman–Crippen MR) is 78.4 cm³/mol. The molecule has 1 saturated carbocycles. The second-order valence-corrected chi connectivity index (χ2v) is 5.45. The molecule has 0 atom stereocenters. The van der Waals surface area contributed by atoms with Gasteiger partial charge in [0, 0.05) is 12.3 Å². The molecule has 0 aliphatic heterocycles. The lowest BCUT2D eigenvalue weighted by atomic mass is 10.3. The molecule has 3 N–H and O–H groups in total. The molecule has 0 spiro atoms. The number of imidazole rings is 1. The lowest BCUT2D eigenvalue weighted by Crippen LogP contribution is -2.17. The molecular formula is C13H11ClN6O2. The van der Waals surface area contributed by atoms with Crippen LogP contribution in [0.1, 0.15) is 18.5 Å². The molecule has 3 heterocycles. The Morgan fingerprint density at radius 1 is 1.45 bits per heavy atom. The van der Waals surface area contributed by atoms with Crippen LogP contribution in [0.15, 0.2) is 22.1 Å². The molecule has 0 unspecified atom stereocenters. The molecule has 0 radical (unpaired) electrons. The van der Waals surface area contributed by atoms with E-state index in [1.165, 1.54) is 6.08 Å². The molecule has 0 bridgehead atoms. The van der Waals surface area contributed by atoms with Crippen molar-refractivity contribution in [2.75, 3.05) is 0 Å². The van der Waals surface area contributed by atoms with Crippen LogP contribution >= 0.6 is 11.6 Å². The summed E-state index contributed by atoms with van der Waals surface area (Å²) < 4.78 is 1.56. The Kier molecular flexibility index (Phi) is 2.80. The Bertz CT molecular complexity index is 1040. The number of hydrogen-bond donors (Lipinski definition) is 3. The van der Waals surface area contributed by atoms with Crippen LogP contribution in [-0.4, -0.2) is 35.7 Å². The Hall–Kier alpha value is -2.61. The Morgan fingerprint density at radius 3 is 2.95 bits per heavy atom. The Morgan fingerprint density at radius 2 is 2.27 bits per heavy atom. The molecule has 1 fully saturated rings. The van der Waals surface area contributed by atoms with Crippen LogP contribution in [0, 0.1) is 0 Å². The highest BCUT2D eigenvalue weighted by atomic mass is 35.5. The molecule has 9 heteroatoms. The summed E-state index contributed by atoms with van der Waals surface area (Å²) in [6.07, 6.45) is 5.31. The minimum atomic E-state index is -0.506. The molecule has 0 amide bonds. The molecular weight excluding hydrogens is 308 g/mol. The van der Waals surface area contributed by atoms with Crippen molar-refractivity contribution >= 4 is 23.3 Å². The van der Waals surface area contributed by atoms with Crippen LogP contribution in [0.3, 0.4) is 0 Å². The van der Waals surface area contributed by atoms with Gasteiger partial charge in [-0.25, -0.2) is 9.78 Å². The Balaban J connectivity index is 2.01. The first kappa shape index (κ1) is 13.1. The molecule has 0 aromatic carbocycles. The summed E-state index contributed by atoms with van der Waals surface area (Å²) >= 11 is 6.17. The number of rotatable bonds is 2. The van der Waals surface area contributed by atoms with Gasteiger partial charge in [-0.1, -0.05) is 11.6 Å². The van der Waals surface area contributed by atoms with Gasteiger partial charge in [0.25, 0.3) is 0 Å². The summed E-state index contributed by atoms with van der Waals surface area (Å²) in [6, 6.07) is 2.11. The van der Waals surface area contributed by atoms with Gasteiger partial charge in [0.05, 0.1) is 11.3 Å². The van der Waals surface area contributed by atoms with Gasteiger partial charge >= 0.3 is 5.69 Å². The van der Waals surface area contributed by atoms with Gasteiger partial charge in [0.2, 0.25) is 5.88 Å². The van der Waals surface area contributed by atoms with E-state index in [9.17, 15) is 9.90 Å². The van der Waals surface area contributed by atoms with Crippen LogP contribution < -0.4 is 16.4 Å². The fourth-order valence-corrected chi connectivity index (χ4v) is 2.39. The third-order valence-electron chi connectivity index (χ3n) is 3.37. The van der Waals surface area contributed by atoms with E-state index in [1.807, 2.05) is 0 Å². The number of nitrogens with one attached hydrogen (secondary N) is 2. The van der Waals surface area contributed by atoms with Crippen molar-refractivity contribution in [2.24, 2.45) is 4.99 Å². The minimum Gasteiger partial charge on any atom is -0.493 e. The molecule has 1 aliphatic rings. The molecule has 3 aromatic rings. The minimum absolute atomic E-state index is 0.215. The van der Waals surface area contributed by atoms with Gasteiger partial charge in [0.15, 0.2) is 16.3 Å². The number of aromatic amines is 2. The summed E-state index contributed by atoms with van der Waals surface area (Å²) in [4.78, 5) is 24.7. The first-order valence-corrected chi connectivity index (χ1v) is 7.09. The number of aromatic nitrogens is 5. The monoisotopic (exact) mass is 318 g/mol. The summed E-state index contributed by atoms with van der Waals surface area (Å²) in [5.74, 6) is -0.265.